The number of nitrogens with zero attached hydrogens (tertiary/aromatic N) is 3. The average Bonchev–Trinajstić information content (AvgIpc) is 2.76. The van der Waals surface area contributed by atoms with Gasteiger partial charge in [0.25, 0.3) is 5.56 Å². The van der Waals surface area contributed by atoms with E-state index in [1.165, 1.54) is 4.68 Å². The number of methoxy groups -OCH3 is 1. The lowest BCUT2D eigenvalue weighted by Gasteiger charge is -2.12. The van der Waals surface area contributed by atoms with Crippen LogP contribution in [-0.2, 0) is 6.54 Å². The molecule has 4 rings (SSSR count). The molecule has 0 aliphatic rings. The number of hydrogen-bond acceptors (Lipinski definition) is 4. The normalized spacial score (nSPS) is 10.6. The summed E-state index contributed by atoms with van der Waals surface area (Å²) in [4.78, 5) is 13.0. The molecule has 0 spiro atoms. The first-order valence-electron chi connectivity index (χ1n) is 8.83. The minimum atomic E-state index is -0.135. The Bertz CT molecular complexity index is 1230. The highest BCUT2D eigenvalue weighted by molar-refractivity contribution is 5.93. The molecule has 0 bridgehead atoms. The molecule has 1 aromatic heterocycles. The lowest BCUT2D eigenvalue weighted by molar-refractivity contribution is 0.414. The van der Waals surface area contributed by atoms with Crippen molar-refractivity contribution < 1.29 is 4.74 Å². The third-order valence-electron chi connectivity index (χ3n) is 4.65. The van der Waals surface area contributed by atoms with Gasteiger partial charge in [-0.2, -0.15) is 10.4 Å². The number of ether oxygens (including phenoxy) is 1. The Morgan fingerprint density at radius 3 is 2.29 bits per heavy atom. The maximum Gasteiger partial charge on any atom is 0.274 e. The van der Waals surface area contributed by atoms with E-state index in [0.29, 0.717) is 23.2 Å². The zero-order valence-corrected chi connectivity index (χ0v) is 15.3. The third-order valence-corrected chi connectivity index (χ3v) is 4.65. The second-order valence-electron chi connectivity index (χ2n) is 6.39. The highest BCUT2D eigenvalue weighted by atomic mass is 16.5. The number of aromatic nitrogens is 2. The van der Waals surface area contributed by atoms with E-state index in [4.69, 9.17) is 10.00 Å². The van der Waals surface area contributed by atoms with E-state index in [9.17, 15) is 4.79 Å². The average molecular weight is 367 g/mol. The van der Waals surface area contributed by atoms with Crippen LogP contribution in [0.3, 0.4) is 0 Å². The van der Waals surface area contributed by atoms with Crippen molar-refractivity contribution in [1.82, 2.24) is 9.78 Å². The quantitative estimate of drug-likeness (QED) is 0.547. The fraction of sp³-hybridized carbons (Fsp3) is 0.0870. The molecule has 5 heteroatoms. The van der Waals surface area contributed by atoms with Crippen molar-refractivity contribution in [3.8, 4) is 23.1 Å². The molecule has 0 atom stereocenters. The van der Waals surface area contributed by atoms with Crippen molar-refractivity contribution in [2.75, 3.05) is 7.11 Å². The van der Waals surface area contributed by atoms with Crippen LogP contribution in [-0.4, -0.2) is 16.9 Å². The van der Waals surface area contributed by atoms with Crippen LogP contribution in [0.2, 0.25) is 0 Å². The van der Waals surface area contributed by atoms with E-state index in [1.54, 1.807) is 19.2 Å². The largest absolute Gasteiger partial charge is 0.497 e. The Hall–Kier alpha value is -3.91. The van der Waals surface area contributed by atoms with E-state index in [-0.39, 0.29) is 5.56 Å². The third kappa shape index (κ3) is 3.24. The van der Waals surface area contributed by atoms with E-state index < -0.39 is 0 Å². The standard InChI is InChI=1S/C23H17N3O2/c1-28-19-12-8-17(9-13-19)15-26-23(27)21-5-3-2-4-20(21)22(25-26)18-10-6-16(14-24)7-11-18/h2-13H,15H2,1H3. The van der Waals surface area contributed by atoms with Gasteiger partial charge in [0.05, 0.1) is 36.4 Å². The first kappa shape index (κ1) is 17.5. The first-order valence-corrected chi connectivity index (χ1v) is 8.83. The molecule has 0 saturated heterocycles. The van der Waals surface area contributed by atoms with Crippen molar-refractivity contribution in [2.24, 2.45) is 0 Å². The Labute approximate surface area is 162 Å². The molecule has 5 nitrogen and oxygen atoms in total. The van der Waals surface area contributed by atoms with Crippen molar-refractivity contribution >= 4 is 10.8 Å². The van der Waals surface area contributed by atoms with Gasteiger partial charge in [0.15, 0.2) is 0 Å². The SMILES string of the molecule is COc1ccc(Cn2nc(-c3ccc(C#N)cc3)c3ccccc3c2=O)cc1. The minimum absolute atomic E-state index is 0.135. The van der Waals surface area contributed by atoms with Crippen LogP contribution < -0.4 is 10.3 Å². The number of nitriles is 1. The molecular formula is C23H17N3O2. The number of hydrogen-bond donors (Lipinski definition) is 0. The Balaban J connectivity index is 1.85. The van der Waals surface area contributed by atoms with Gasteiger partial charge in [-0.3, -0.25) is 4.79 Å². The summed E-state index contributed by atoms with van der Waals surface area (Å²) < 4.78 is 6.67. The van der Waals surface area contributed by atoms with E-state index >= 15 is 0 Å². The van der Waals surface area contributed by atoms with Gasteiger partial charge >= 0.3 is 0 Å². The van der Waals surface area contributed by atoms with Crippen molar-refractivity contribution in [3.05, 3.63) is 94.3 Å². The minimum Gasteiger partial charge on any atom is -0.497 e. The maximum atomic E-state index is 13.0. The van der Waals surface area contributed by atoms with Gasteiger partial charge in [-0.1, -0.05) is 42.5 Å². The van der Waals surface area contributed by atoms with Crippen LogP contribution in [0, 0.1) is 11.3 Å². The molecule has 4 aromatic rings. The molecule has 28 heavy (non-hydrogen) atoms. The Kier molecular flexibility index (Phi) is 4.61. The smallest absolute Gasteiger partial charge is 0.274 e. The number of benzene rings is 3. The summed E-state index contributed by atoms with van der Waals surface area (Å²) in [7, 11) is 1.62. The van der Waals surface area contributed by atoms with Crippen LogP contribution in [0.4, 0.5) is 0 Å². The number of fused-ring (bicyclic) bond motifs is 1. The molecule has 0 fully saturated rings. The molecule has 0 saturated carbocycles. The molecule has 3 aromatic carbocycles. The molecule has 136 valence electrons. The van der Waals surface area contributed by atoms with Gasteiger partial charge < -0.3 is 4.74 Å². The van der Waals surface area contributed by atoms with Gasteiger partial charge in [0.2, 0.25) is 0 Å². The second-order valence-corrected chi connectivity index (χ2v) is 6.39. The lowest BCUT2D eigenvalue weighted by atomic mass is 10.0. The predicted octanol–water partition coefficient (Wildman–Crippen LogP) is 3.99. The van der Waals surface area contributed by atoms with Crippen LogP contribution >= 0.6 is 0 Å². The van der Waals surface area contributed by atoms with Gasteiger partial charge in [-0.25, -0.2) is 4.68 Å². The summed E-state index contributed by atoms with van der Waals surface area (Å²) in [6, 6.07) is 24.4. The summed E-state index contributed by atoms with van der Waals surface area (Å²) in [5, 5.41) is 15.1. The zero-order valence-electron chi connectivity index (χ0n) is 15.3. The van der Waals surface area contributed by atoms with E-state index in [1.807, 2.05) is 60.7 Å². The molecule has 0 unspecified atom stereocenters. The molecule has 0 aliphatic heterocycles. The molecular weight excluding hydrogens is 350 g/mol. The molecule has 0 aliphatic carbocycles. The summed E-state index contributed by atoms with van der Waals surface area (Å²) in [5.74, 6) is 0.765. The van der Waals surface area contributed by atoms with Crippen molar-refractivity contribution in [2.45, 2.75) is 6.54 Å². The summed E-state index contributed by atoms with van der Waals surface area (Å²) >= 11 is 0. The highest BCUT2D eigenvalue weighted by Crippen LogP contribution is 2.25. The molecule has 0 radical (unpaired) electrons. The van der Waals surface area contributed by atoms with Crippen LogP contribution in [0.5, 0.6) is 5.75 Å². The van der Waals surface area contributed by atoms with Crippen LogP contribution in [0.1, 0.15) is 11.1 Å². The molecule has 0 amide bonds. The monoisotopic (exact) mass is 367 g/mol. The fourth-order valence-corrected chi connectivity index (χ4v) is 3.16. The Morgan fingerprint density at radius 1 is 0.964 bits per heavy atom. The summed E-state index contributed by atoms with van der Waals surface area (Å²) in [5.41, 5.74) is 2.98. The van der Waals surface area contributed by atoms with Crippen molar-refractivity contribution in [3.63, 3.8) is 0 Å². The van der Waals surface area contributed by atoms with Crippen LogP contribution in [0.25, 0.3) is 22.0 Å². The predicted molar refractivity (Wildman–Crippen MR) is 108 cm³/mol. The lowest BCUT2D eigenvalue weighted by Crippen LogP contribution is -2.24. The van der Waals surface area contributed by atoms with Gasteiger partial charge in [0.1, 0.15) is 5.75 Å². The molecule has 1 heterocycles. The first-order chi connectivity index (χ1) is 13.7. The summed E-state index contributed by atoms with van der Waals surface area (Å²) in [6.45, 7) is 0.358. The highest BCUT2D eigenvalue weighted by Gasteiger charge is 2.12. The van der Waals surface area contributed by atoms with E-state index in [0.717, 1.165) is 22.3 Å². The van der Waals surface area contributed by atoms with E-state index in [2.05, 4.69) is 11.2 Å². The van der Waals surface area contributed by atoms with Gasteiger partial charge in [-0.15, -0.1) is 0 Å². The Morgan fingerprint density at radius 2 is 1.64 bits per heavy atom. The zero-order chi connectivity index (χ0) is 19.5. The maximum absolute atomic E-state index is 13.0. The summed E-state index contributed by atoms with van der Waals surface area (Å²) in [6.07, 6.45) is 0. The van der Waals surface area contributed by atoms with Crippen molar-refractivity contribution in [1.29, 1.82) is 5.26 Å². The number of rotatable bonds is 4. The topological polar surface area (TPSA) is 67.9 Å². The second kappa shape index (κ2) is 7.37. The van der Waals surface area contributed by atoms with Gasteiger partial charge in [0, 0.05) is 10.9 Å². The van der Waals surface area contributed by atoms with Crippen LogP contribution in [0.15, 0.2) is 77.6 Å². The molecule has 0 N–H and O–H groups in total. The fourth-order valence-electron chi connectivity index (χ4n) is 3.16. The van der Waals surface area contributed by atoms with Gasteiger partial charge in [-0.05, 0) is 35.9 Å².